The number of carbonyl (C=O) groups excluding carboxylic acids is 1. The average Bonchev–Trinajstić information content (AvgIpc) is 2.32. The molecule has 0 aliphatic rings. The van der Waals surface area contributed by atoms with Crippen LogP contribution in [0.15, 0.2) is 16.6 Å². The SMILES string of the molecule is CC(Cc1c(C(=O)O)ccc(Br)c1F)NC(=O)OC(C)(C)C. The molecular weight excluding hydrogens is 357 g/mol. The molecule has 0 radical (unpaired) electrons. The number of carbonyl (C=O) groups is 2. The number of hydrogen-bond acceptors (Lipinski definition) is 3. The van der Waals surface area contributed by atoms with Gasteiger partial charge in [-0.2, -0.15) is 0 Å². The van der Waals surface area contributed by atoms with E-state index >= 15 is 0 Å². The van der Waals surface area contributed by atoms with Gasteiger partial charge in [-0.3, -0.25) is 0 Å². The first-order valence-electron chi connectivity index (χ1n) is 6.71. The summed E-state index contributed by atoms with van der Waals surface area (Å²) in [7, 11) is 0. The topological polar surface area (TPSA) is 75.6 Å². The Morgan fingerprint density at radius 3 is 2.50 bits per heavy atom. The lowest BCUT2D eigenvalue weighted by Gasteiger charge is -2.22. The fourth-order valence-electron chi connectivity index (χ4n) is 1.86. The molecule has 0 aliphatic heterocycles. The largest absolute Gasteiger partial charge is 0.478 e. The predicted octanol–water partition coefficient (Wildman–Crippen LogP) is 3.74. The average molecular weight is 376 g/mol. The molecule has 5 nitrogen and oxygen atoms in total. The maximum absolute atomic E-state index is 14.1. The van der Waals surface area contributed by atoms with E-state index in [9.17, 15) is 14.0 Å². The van der Waals surface area contributed by atoms with Gasteiger partial charge in [0.2, 0.25) is 0 Å². The Bertz CT molecular complexity index is 584. The molecule has 0 aromatic heterocycles. The molecule has 0 heterocycles. The number of carboxylic acids is 1. The number of halogens is 2. The Labute approximate surface area is 137 Å². The Morgan fingerprint density at radius 1 is 1.41 bits per heavy atom. The first kappa shape index (κ1) is 18.4. The second-order valence-corrected chi connectivity index (χ2v) is 6.80. The summed E-state index contributed by atoms with van der Waals surface area (Å²) in [6, 6.07) is 2.18. The molecule has 1 unspecified atom stereocenters. The zero-order valence-corrected chi connectivity index (χ0v) is 14.5. The standard InChI is InChI=1S/C15H19BrFNO4/c1-8(18-14(21)22-15(2,3)4)7-10-9(13(19)20)5-6-11(16)12(10)17/h5-6,8H,7H2,1-4H3,(H,18,21)(H,19,20). The zero-order chi connectivity index (χ0) is 17.1. The molecule has 2 N–H and O–H groups in total. The molecule has 0 saturated heterocycles. The molecule has 0 spiro atoms. The van der Waals surface area contributed by atoms with Crippen LogP contribution in [0.4, 0.5) is 9.18 Å². The van der Waals surface area contributed by atoms with E-state index in [1.54, 1.807) is 27.7 Å². The molecule has 0 fully saturated rings. The molecule has 1 aromatic rings. The highest BCUT2D eigenvalue weighted by atomic mass is 79.9. The van der Waals surface area contributed by atoms with E-state index in [0.29, 0.717) is 0 Å². The Morgan fingerprint density at radius 2 is 2.00 bits per heavy atom. The number of nitrogens with one attached hydrogen (secondary N) is 1. The van der Waals surface area contributed by atoms with Crippen LogP contribution in [-0.4, -0.2) is 28.8 Å². The minimum absolute atomic E-state index is 0.0328. The van der Waals surface area contributed by atoms with Crippen LogP contribution in [-0.2, 0) is 11.2 Å². The van der Waals surface area contributed by atoms with Crippen LogP contribution in [0.2, 0.25) is 0 Å². The van der Waals surface area contributed by atoms with Gasteiger partial charge in [0.15, 0.2) is 0 Å². The quantitative estimate of drug-likeness (QED) is 0.840. The van der Waals surface area contributed by atoms with Gasteiger partial charge in [0, 0.05) is 11.6 Å². The van der Waals surface area contributed by atoms with Gasteiger partial charge in [0.05, 0.1) is 10.0 Å². The van der Waals surface area contributed by atoms with Crippen LogP contribution < -0.4 is 5.32 Å². The maximum atomic E-state index is 14.1. The van der Waals surface area contributed by atoms with Gasteiger partial charge in [0.25, 0.3) is 0 Å². The van der Waals surface area contributed by atoms with Crippen LogP contribution in [0, 0.1) is 5.82 Å². The fourth-order valence-corrected chi connectivity index (χ4v) is 2.23. The molecule has 1 atom stereocenters. The van der Waals surface area contributed by atoms with Crippen molar-refractivity contribution in [2.24, 2.45) is 0 Å². The van der Waals surface area contributed by atoms with Crippen molar-refractivity contribution in [1.82, 2.24) is 5.32 Å². The Balaban J connectivity index is 2.88. The predicted molar refractivity (Wildman–Crippen MR) is 83.6 cm³/mol. The van der Waals surface area contributed by atoms with E-state index in [0.717, 1.165) is 0 Å². The molecule has 0 aliphatic carbocycles. The lowest BCUT2D eigenvalue weighted by Crippen LogP contribution is -2.39. The number of benzene rings is 1. The van der Waals surface area contributed by atoms with Gasteiger partial charge < -0.3 is 15.2 Å². The zero-order valence-electron chi connectivity index (χ0n) is 12.9. The maximum Gasteiger partial charge on any atom is 0.407 e. The summed E-state index contributed by atoms with van der Waals surface area (Å²) in [5.74, 6) is -1.86. The highest BCUT2D eigenvalue weighted by Gasteiger charge is 2.22. The molecule has 122 valence electrons. The summed E-state index contributed by atoms with van der Waals surface area (Å²) < 4.78 is 19.4. The van der Waals surface area contributed by atoms with E-state index < -0.39 is 29.5 Å². The summed E-state index contributed by atoms with van der Waals surface area (Å²) >= 11 is 3.03. The third-order valence-electron chi connectivity index (χ3n) is 2.70. The van der Waals surface area contributed by atoms with Crippen molar-refractivity contribution >= 4 is 28.0 Å². The number of alkyl carbamates (subject to hydrolysis) is 1. The first-order valence-corrected chi connectivity index (χ1v) is 7.50. The van der Waals surface area contributed by atoms with Crippen molar-refractivity contribution in [2.75, 3.05) is 0 Å². The Kier molecular flexibility index (Phi) is 5.93. The highest BCUT2D eigenvalue weighted by molar-refractivity contribution is 9.10. The number of aromatic carboxylic acids is 1. The van der Waals surface area contributed by atoms with E-state index in [1.807, 2.05) is 0 Å². The lowest BCUT2D eigenvalue weighted by molar-refractivity contribution is 0.0508. The normalized spacial score (nSPS) is 12.6. The minimum atomic E-state index is -1.22. The van der Waals surface area contributed by atoms with Gasteiger partial charge in [-0.15, -0.1) is 0 Å². The molecule has 22 heavy (non-hydrogen) atoms. The number of carboxylic acid groups (broad SMARTS) is 1. The summed E-state index contributed by atoms with van der Waals surface area (Å²) in [6.07, 6.45) is -0.598. The van der Waals surface area contributed by atoms with Crippen LogP contribution in [0.1, 0.15) is 43.6 Å². The van der Waals surface area contributed by atoms with Crippen molar-refractivity contribution in [3.63, 3.8) is 0 Å². The summed E-state index contributed by atoms with van der Waals surface area (Å²) in [5, 5.41) is 11.7. The van der Waals surface area contributed by atoms with Crippen molar-refractivity contribution in [3.8, 4) is 0 Å². The van der Waals surface area contributed by atoms with Crippen LogP contribution in [0.3, 0.4) is 0 Å². The smallest absolute Gasteiger partial charge is 0.407 e. The number of hydrogen-bond donors (Lipinski definition) is 2. The van der Waals surface area contributed by atoms with Crippen LogP contribution >= 0.6 is 15.9 Å². The first-order chi connectivity index (χ1) is 10.0. The van der Waals surface area contributed by atoms with Gasteiger partial charge in [-0.1, -0.05) is 0 Å². The van der Waals surface area contributed by atoms with E-state index in [1.165, 1.54) is 12.1 Å². The highest BCUT2D eigenvalue weighted by Crippen LogP contribution is 2.24. The summed E-state index contributed by atoms with van der Waals surface area (Å²) in [5.41, 5.74) is -0.735. The van der Waals surface area contributed by atoms with Gasteiger partial charge >= 0.3 is 12.1 Å². The fraction of sp³-hybridized carbons (Fsp3) is 0.467. The second kappa shape index (κ2) is 7.09. The van der Waals surface area contributed by atoms with Gasteiger partial charge in [-0.05, 0) is 62.2 Å². The number of amides is 1. The number of rotatable bonds is 4. The molecule has 0 bridgehead atoms. The van der Waals surface area contributed by atoms with Crippen molar-refractivity contribution < 1.29 is 23.8 Å². The molecule has 0 saturated carbocycles. The summed E-state index contributed by atoms with van der Waals surface area (Å²) in [4.78, 5) is 22.9. The third-order valence-corrected chi connectivity index (χ3v) is 3.31. The van der Waals surface area contributed by atoms with E-state index in [-0.39, 0.29) is 22.0 Å². The molecule has 7 heteroatoms. The second-order valence-electron chi connectivity index (χ2n) is 5.94. The number of ether oxygens (including phenoxy) is 1. The van der Waals surface area contributed by atoms with Crippen LogP contribution in [0.5, 0.6) is 0 Å². The molecular formula is C15H19BrFNO4. The molecule has 1 rings (SSSR count). The van der Waals surface area contributed by atoms with Crippen molar-refractivity contribution in [1.29, 1.82) is 0 Å². The summed E-state index contributed by atoms with van der Waals surface area (Å²) in [6.45, 7) is 6.84. The molecule has 1 amide bonds. The van der Waals surface area contributed by atoms with Crippen molar-refractivity contribution in [3.05, 3.63) is 33.5 Å². The van der Waals surface area contributed by atoms with E-state index in [4.69, 9.17) is 9.84 Å². The lowest BCUT2D eigenvalue weighted by atomic mass is 10.0. The van der Waals surface area contributed by atoms with E-state index in [2.05, 4.69) is 21.2 Å². The Hall–Kier alpha value is -1.63. The van der Waals surface area contributed by atoms with Gasteiger partial charge in [-0.25, -0.2) is 14.0 Å². The minimum Gasteiger partial charge on any atom is -0.478 e. The monoisotopic (exact) mass is 375 g/mol. The molecule has 1 aromatic carbocycles. The van der Waals surface area contributed by atoms with Crippen LogP contribution in [0.25, 0.3) is 0 Å². The van der Waals surface area contributed by atoms with Gasteiger partial charge in [0.1, 0.15) is 11.4 Å². The third kappa shape index (κ3) is 5.29. The van der Waals surface area contributed by atoms with Crippen molar-refractivity contribution in [2.45, 2.75) is 45.8 Å².